The van der Waals surface area contributed by atoms with E-state index in [1.807, 2.05) is 31.2 Å². The molecule has 2 aromatic rings. The zero-order chi connectivity index (χ0) is 12.3. The number of benzene rings is 1. The Hall–Kier alpha value is -1.81. The van der Waals surface area contributed by atoms with Gasteiger partial charge in [-0.1, -0.05) is 12.1 Å². The van der Waals surface area contributed by atoms with E-state index in [0.717, 1.165) is 34.9 Å². The van der Waals surface area contributed by atoms with Gasteiger partial charge in [0.1, 0.15) is 11.6 Å². The molecule has 0 aliphatic heterocycles. The van der Waals surface area contributed by atoms with E-state index in [9.17, 15) is 0 Å². The van der Waals surface area contributed by atoms with Gasteiger partial charge in [0.15, 0.2) is 0 Å². The average Bonchev–Trinajstić information content (AvgIpc) is 2.71. The molecule has 1 aromatic heterocycles. The fourth-order valence-corrected chi connectivity index (χ4v) is 1.83. The summed E-state index contributed by atoms with van der Waals surface area (Å²) in [6.07, 6.45) is 0.769. The van der Waals surface area contributed by atoms with E-state index in [-0.39, 0.29) is 0 Å². The number of rotatable bonds is 4. The van der Waals surface area contributed by atoms with Crippen LogP contribution < -0.4 is 10.5 Å². The van der Waals surface area contributed by atoms with Crippen molar-refractivity contribution in [3.8, 4) is 17.0 Å². The second kappa shape index (κ2) is 5.01. The molecule has 0 atom stereocenters. The Labute approximate surface area is 101 Å². The largest absolute Gasteiger partial charge is 0.497 e. The van der Waals surface area contributed by atoms with Gasteiger partial charge in [0.25, 0.3) is 0 Å². The Balaban J connectivity index is 2.37. The fraction of sp³-hybridized carbons (Fsp3) is 0.308. The molecule has 0 aliphatic rings. The number of ether oxygens (including phenoxy) is 1. The third-order valence-electron chi connectivity index (χ3n) is 2.66. The Morgan fingerprint density at radius 2 is 2.24 bits per heavy atom. The summed E-state index contributed by atoms with van der Waals surface area (Å²) in [4.78, 5) is 7.80. The highest BCUT2D eigenvalue weighted by Gasteiger charge is 2.09. The van der Waals surface area contributed by atoms with Crippen molar-refractivity contribution in [2.24, 2.45) is 5.73 Å². The molecule has 1 heterocycles. The van der Waals surface area contributed by atoms with Gasteiger partial charge in [-0.15, -0.1) is 0 Å². The van der Waals surface area contributed by atoms with Crippen LogP contribution in [-0.4, -0.2) is 23.6 Å². The molecule has 17 heavy (non-hydrogen) atoms. The molecule has 0 saturated heterocycles. The molecule has 2 rings (SSSR count). The first kappa shape index (κ1) is 11.7. The second-order valence-corrected chi connectivity index (χ2v) is 3.93. The van der Waals surface area contributed by atoms with Gasteiger partial charge in [0.05, 0.1) is 12.8 Å². The highest BCUT2D eigenvalue weighted by Crippen LogP contribution is 2.24. The molecule has 0 radical (unpaired) electrons. The monoisotopic (exact) mass is 231 g/mol. The van der Waals surface area contributed by atoms with Crippen molar-refractivity contribution < 1.29 is 4.74 Å². The summed E-state index contributed by atoms with van der Waals surface area (Å²) in [6.45, 7) is 2.62. The lowest BCUT2D eigenvalue weighted by molar-refractivity contribution is 0.415. The molecule has 0 saturated carbocycles. The molecule has 0 amide bonds. The maximum absolute atomic E-state index is 5.52. The van der Waals surface area contributed by atoms with E-state index < -0.39 is 0 Å². The molecular weight excluding hydrogens is 214 g/mol. The molecular formula is C13H17N3O. The molecule has 0 fully saturated rings. The lowest BCUT2D eigenvalue weighted by atomic mass is 10.1. The minimum Gasteiger partial charge on any atom is -0.497 e. The van der Waals surface area contributed by atoms with Crippen LogP contribution in [0.1, 0.15) is 11.5 Å². The first-order valence-electron chi connectivity index (χ1n) is 5.64. The summed E-state index contributed by atoms with van der Waals surface area (Å²) < 4.78 is 5.21. The van der Waals surface area contributed by atoms with E-state index in [1.165, 1.54) is 0 Å². The van der Waals surface area contributed by atoms with Crippen molar-refractivity contribution in [3.63, 3.8) is 0 Å². The summed E-state index contributed by atoms with van der Waals surface area (Å²) in [5, 5.41) is 0. The summed E-state index contributed by atoms with van der Waals surface area (Å²) in [7, 11) is 1.66. The molecule has 1 aromatic carbocycles. The number of nitrogens with zero attached hydrogens (tertiary/aromatic N) is 1. The van der Waals surface area contributed by atoms with E-state index >= 15 is 0 Å². The maximum atomic E-state index is 5.52. The highest BCUT2D eigenvalue weighted by molar-refractivity contribution is 5.63. The minimum absolute atomic E-state index is 0.602. The van der Waals surface area contributed by atoms with Crippen LogP contribution in [0.5, 0.6) is 5.75 Å². The van der Waals surface area contributed by atoms with Crippen LogP contribution in [0.15, 0.2) is 24.3 Å². The number of aryl methyl sites for hydroxylation is 1. The third kappa shape index (κ3) is 2.47. The van der Waals surface area contributed by atoms with Gasteiger partial charge < -0.3 is 15.5 Å². The smallest absolute Gasteiger partial charge is 0.119 e. The fourth-order valence-electron chi connectivity index (χ4n) is 1.83. The van der Waals surface area contributed by atoms with Crippen LogP contribution in [0.2, 0.25) is 0 Å². The minimum atomic E-state index is 0.602. The molecule has 4 heteroatoms. The van der Waals surface area contributed by atoms with Gasteiger partial charge in [-0.25, -0.2) is 4.98 Å². The van der Waals surface area contributed by atoms with Gasteiger partial charge in [-0.2, -0.15) is 0 Å². The van der Waals surface area contributed by atoms with Crippen LogP contribution in [0.4, 0.5) is 0 Å². The van der Waals surface area contributed by atoms with Crippen LogP contribution in [0.25, 0.3) is 11.3 Å². The highest BCUT2D eigenvalue weighted by atomic mass is 16.5. The molecule has 0 bridgehead atoms. The van der Waals surface area contributed by atoms with Crippen LogP contribution in [-0.2, 0) is 6.42 Å². The maximum Gasteiger partial charge on any atom is 0.119 e. The number of hydrogen-bond acceptors (Lipinski definition) is 3. The van der Waals surface area contributed by atoms with Gasteiger partial charge in [0.2, 0.25) is 0 Å². The van der Waals surface area contributed by atoms with Crippen molar-refractivity contribution >= 4 is 0 Å². The summed E-state index contributed by atoms with van der Waals surface area (Å²) in [6, 6.07) is 7.89. The average molecular weight is 231 g/mol. The number of hydrogen-bond donors (Lipinski definition) is 2. The van der Waals surface area contributed by atoms with Gasteiger partial charge in [-0.05, 0) is 25.6 Å². The summed E-state index contributed by atoms with van der Waals surface area (Å²) in [5.74, 6) is 1.77. The van der Waals surface area contributed by atoms with E-state index in [0.29, 0.717) is 6.54 Å². The second-order valence-electron chi connectivity index (χ2n) is 3.93. The number of aromatic amines is 1. The molecule has 0 spiro atoms. The van der Waals surface area contributed by atoms with E-state index in [1.54, 1.807) is 7.11 Å². The zero-order valence-electron chi connectivity index (χ0n) is 10.2. The standard InChI is InChI=1S/C13H17N3O/c1-9-13(16-12(15-9)6-7-14)10-4-3-5-11(8-10)17-2/h3-5,8H,6-7,14H2,1-2H3,(H,15,16). The van der Waals surface area contributed by atoms with E-state index in [4.69, 9.17) is 10.5 Å². The summed E-state index contributed by atoms with van der Waals surface area (Å²) >= 11 is 0. The first-order chi connectivity index (χ1) is 8.24. The lowest BCUT2D eigenvalue weighted by Crippen LogP contribution is -2.03. The predicted octanol–water partition coefficient (Wildman–Crippen LogP) is 1.89. The number of H-pyrrole nitrogens is 1. The Morgan fingerprint density at radius 3 is 2.94 bits per heavy atom. The van der Waals surface area contributed by atoms with Crippen LogP contribution >= 0.6 is 0 Å². The number of nitrogens with two attached hydrogens (primary N) is 1. The normalized spacial score (nSPS) is 10.5. The molecule has 0 unspecified atom stereocenters. The SMILES string of the molecule is COc1cccc(-c2nc(CCN)[nH]c2C)c1. The number of imidazole rings is 1. The molecule has 4 nitrogen and oxygen atoms in total. The Morgan fingerprint density at radius 1 is 1.41 bits per heavy atom. The number of aromatic nitrogens is 2. The lowest BCUT2D eigenvalue weighted by Gasteiger charge is -2.02. The van der Waals surface area contributed by atoms with Crippen molar-refractivity contribution in [1.82, 2.24) is 9.97 Å². The van der Waals surface area contributed by atoms with Gasteiger partial charge >= 0.3 is 0 Å². The topological polar surface area (TPSA) is 63.9 Å². The van der Waals surface area contributed by atoms with E-state index in [2.05, 4.69) is 9.97 Å². The van der Waals surface area contributed by atoms with Crippen molar-refractivity contribution in [1.29, 1.82) is 0 Å². The molecule has 0 aliphatic carbocycles. The summed E-state index contributed by atoms with van der Waals surface area (Å²) in [5.41, 5.74) is 8.60. The van der Waals surface area contributed by atoms with Crippen LogP contribution in [0, 0.1) is 6.92 Å². The Kier molecular flexibility index (Phi) is 3.44. The predicted molar refractivity (Wildman–Crippen MR) is 68.1 cm³/mol. The number of nitrogens with one attached hydrogen (secondary N) is 1. The van der Waals surface area contributed by atoms with Gasteiger partial charge in [0, 0.05) is 17.7 Å². The van der Waals surface area contributed by atoms with Crippen molar-refractivity contribution in [2.75, 3.05) is 13.7 Å². The molecule has 90 valence electrons. The molecule has 3 N–H and O–H groups in total. The quantitative estimate of drug-likeness (QED) is 0.844. The van der Waals surface area contributed by atoms with Crippen LogP contribution in [0.3, 0.4) is 0 Å². The Bertz CT molecular complexity index is 505. The van der Waals surface area contributed by atoms with Gasteiger partial charge in [-0.3, -0.25) is 0 Å². The van der Waals surface area contributed by atoms with Crippen molar-refractivity contribution in [2.45, 2.75) is 13.3 Å². The number of methoxy groups -OCH3 is 1. The van der Waals surface area contributed by atoms with Crippen molar-refractivity contribution in [3.05, 3.63) is 35.8 Å². The third-order valence-corrected chi connectivity index (χ3v) is 2.66. The zero-order valence-corrected chi connectivity index (χ0v) is 10.2. The first-order valence-corrected chi connectivity index (χ1v) is 5.64.